The Morgan fingerprint density at radius 2 is 2.04 bits per heavy atom. The van der Waals surface area contributed by atoms with Gasteiger partial charge in [0.05, 0.1) is 21.8 Å². The molecular formula is C17H13ClN6OS. The number of H-pyrrole nitrogens is 1. The van der Waals surface area contributed by atoms with Crippen LogP contribution in [-0.4, -0.2) is 30.2 Å². The van der Waals surface area contributed by atoms with Crippen LogP contribution >= 0.6 is 23.4 Å². The van der Waals surface area contributed by atoms with Crippen molar-refractivity contribution < 1.29 is 0 Å². The predicted molar refractivity (Wildman–Crippen MR) is 101 cm³/mol. The van der Waals surface area contributed by atoms with E-state index in [-0.39, 0.29) is 10.8 Å². The molecule has 0 amide bonds. The van der Waals surface area contributed by atoms with Gasteiger partial charge in [-0.15, -0.1) is 5.10 Å². The Morgan fingerprint density at radius 3 is 2.88 bits per heavy atom. The molecule has 1 atom stereocenters. The fraction of sp³-hybridized carbons (Fsp3) is 0.118. The highest BCUT2D eigenvalue weighted by Crippen LogP contribution is 2.32. The number of thioether (sulfide) groups is 1. The van der Waals surface area contributed by atoms with Crippen molar-refractivity contribution in [1.82, 2.24) is 30.2 Å². The predicted octanol–water partition coefficient (Wildman–Crippen LogP) is 3.41. The molecule has 1 unspecified atom stereocenters. The minimum Gasteiger partial charge on any atom is -0.309 e. The number of benzene rings is 2. The van der Waals surface area contributed by atoms with Crippen LogP contribution in [0.25, 0.3) is 16.6 Å². The van der Waals surface area contributed by atoms with E-state index in [0.29, 0.717) is 26.9 Å². The first-order valence-corrected chi connectivity index (χ1v) is 9.07. The maximum atomic E-state index is 12.3. The Kier molecular flexibility index (Phi) is 4.44. The maximum absolute atomic E-state index is 12.3. The summed E-state index contributed by atoms with van der Waals surface area (Å²) in [5.41, 5.74) is 1.26. The smallest absolute Gasteiger partial charge is 0.258 e. The Morgan fingerprint density at radius 1 is 1.19 bits per heavy atom. The summed E-state index contributed by atoms with van der Waals surface area (Å²) in [7, 11) is 0. The third-order valence-corrected chi connectivity index (χ3v) is 5.07. The van der Waals surface area contributed by atoms with Crippen molar-refractivity contribution >= 4 is 34.3 Å². The van der Waals surface area contributed by atoms with Crippen LogP contribution in [0.2, 0.25) is 5.02 Å². The van der Waals surface area contributed by atoms with E-state index in [2.05, 4.69) is 25.5 Å². The van der Waals surface area contributed by atoms with E-state index < -0.39 is 0 Å². The zero-order valence-electron chi connectivity index (χ0n) is 13.6. The quantitative estimate of drug-likeness (QED) is 0.542. The number of halogens is 1. The molecule has 0 aliphatic rings. The van der Waals surface area contributed by atoms with Crippen LogP contribution in [0.1, 0.15) is 18.0 Å². The molecule has 26 heavy (non-hydrogen) atoms. The lowest BCUT2D eigenvalue weighted by atomic mass is 10.2. The van der Waals surface area contributed by atoms with E-state index in [4.69, 9.17) is 11.6 Å². The maximum Gasteiger partial charge on any atom is 0.258 e. The van der Waals surface area contributed by atoms with Crippen molar-refractivity contribution in [2.24, 2.45) is 0 Å². The number of tetrazole rings is 1. The van der Waals surface area contributed by atoms with Gasteiger partial charge in [-0.1, -0.05) is 41.6 Å². The summed E-state index contributed by atoms with van der Waals surface area (Å²) < 4.78 is 1.60. The minimum absolute atomic E-state index is 0.156. The summed E-state index contributed by atoms with van der Waals surface area (Å²) in [6.45, 7) is 1.94. The number of para-hydroxylation sites is 1. The van der Waals surface area contributed by atoms with Crippen LogP contribution in [0.5, 0.6) is 0 Å². The monoisotopic (exact) mass is 384 g/mol. The van der Waals surface area contributed by atoms with Crippen LogP contribution in [0.3, 0.4) is 0 Å². The van der Waals surface area contributed by atoms with E-state index in [0.717, 1.165) is 5.69 Å². The molecule has 1 N–H and O–H groups in total. The molecule has 0 spiro atoms. The molecular weight excluding hydrogens is 372 g/mol. The third kappa shape index (κ3) is 3.21. The van der Waals surface area contributed by atoms with E-state index >= 15 is 0 Å². The molecule has 2 aromatic heterocycles. The van der Waals surface area contributed by atoms with Crippen molar-refractivity contribution in [3.05, 3.63) is 69.7 Å². The first kappa shape index (κ1) is 16.7. The highest BCUT2D eigenvalue weighted by Gasteiger charge is 2.17. The molecule has 2 aromatic carbocycles. The summed E-state index contributed by atoms with van der Waals surface area (Å²) >= 11 is 7.45. The van der Waals surface area contributed by atoms with Crippen molar-refractivity contribution in [3.8, 4) is 5.69 Å². The highest BCUT2D eigenvalue weighted by atomic mass is 35.5. The van der Waals surface area contributed by atoms with Gasteiger partial charge < -0.3 is 4.98 Å². The van der Waals surface area contributed by atoms with Crippen LogP contribution in [0, 0.1) is 0 Å². The molecule has 0 saturated carbocycles. The molecule has 9 heteroatoms. The molecule has 4 aromatic rings. The second-order valence-corrected chi connectivity index (χ2v) is 7.33. The van der Waals surface area contributed by atoms with Crippen LogP contribution in [-0.2, 0) is 0 Å². The van der Waals surface area contributed by atoms with Gasteiger partial charge in [0.1, 0.15) is 5.82 Å². The molecule has 4 rings (SSSR count). The lowest BCUT2D eigenvalue weighted by Gasteiger charge is -2.11. The number of fused-ring (bicyclic) bond motifs is 1. The Bertz CT molecular complexity index is 1140. The molecule has 0 aliphatic heterocycles. The van der Waals surface area contributed by atoms with Gasteiger partial charge in [0.15, 0.2) is 0 Å². The van der Waals surface area contributed by atoms with Gasteiger partial charge in [-0.25, -0.2) is 4.98 Å². The number of nitrogens with one attached hydrogen (secondary N) is 1. The molecule has 130 valence electrons. The molecule has 0 bridgehead atoms. The van der Waals surface area contributed by atoms with Gasteiger partial charge in [0, 0.05) is 5.02 Å². The average molecular weight is 385 g/mol. The molecule has 0 fully saturated rings. The zero-order valence-corrected chi connectivity index (χ0v) is 15.2. The topological polar surface area (TPSA) is 89.3 Å². The standard InChI is InChI=1S/C17H13ClN6OS/c1-10(15-19-14-8-3-2-7-13(14)16(25)20-15)26-17-21-22-23-24(17)12-6-4-5-11(18)9-12/h2-10H,1H3,(H,19,20,25). The normalized spacial score (nSPS) is 12.4. The Balaban J connectivity index is 1.67. The van der Waals surface area contributed by atoms with Crippen LogP contribution in [0.4, 0.5) is 0 Å². The molecule has 2 heterocycles. The fourth-order valence-electron chi connectivity index (χ4n) is 2.53. The largest absolute Gasteiger partial charge is 0.309 e. The molecule has 0 saturated heterocycles. The lowest BCUT2D eigenvalue weighted by Crippen LogP contribution is -2.13. The number of rotatable bonds is 4. The third-order valence-electron chi connectivity index (χ3n) is 3.79. The van der Waals surface area contributed by atoms with Gasteiger partial charge in [-0.2, -0.15) is 4.68 Å². The Labute approximate surface area is 157 Å². The average Bonchev–Trinajstić information content (AvgIpc) is 3.10. The van der Waals surface area contributed by atoms with Crippen LogP contribution in [0.15, 0.2) is 58.5 Å². The SMILES string of the molecule is CC(Sc1nnnn1-c1cccc(Cl)c1)c1nc2ccccc2c(=O)[nH]1. The summed E-state index contributed by atoms with van der Waals surface area (Å²) in [5, 5.41) is 13.4. The number of aromatic amines is 1. The zero-order chi connectivity index (χ0) is 18.1. The molecule has 0 aliphatic carbocycles. The van der Waals surface area contributed by atoms with Gasteiger partial charge in [0.25, 0.3) is 5.56 Å². The van der Waals surface area contributed by atoms with Crippen molar-refractivity contribution in [3.63, 3.8) is 0 Å². The van der Waals surface area contributed by atoms with Crippen molar-refractivity contribution in [2.45, 2.75) is 17.3 Å². The molecule has 7 nitrogen and oxygen atoms in total. The van der Waals surface area contributed by atoms with Gasteiger partial charge in [0.2, 0.25) is 5.16 Å². The van der Waals surface area contributed by atoms with E-state index in [1.165, 1.54) is 11.8 Å². The highest BCUT2D eigenvalue weighted by molar-refractivity contribution is 7.99. The van der Waals surface area contributed by atoms with E-state index in [1.807, 2.05) is 37.3 Å². The summed E-state index contributed by atoms with van der Waals surface area (Å²) in [6.07, 6.45) is 0. The lowest BCUT2D eigenvalue weighted by molar-refractivity contribution is 0.754. The van der Waals surface area contributed by atoms with Crippen molar-refractivity contribution in [1.29, 1.82) is 0 Å². The number of hydrogen-bond donors (Lipinski definition) is 1. The van der Waals surface area contributed by atoms with E-state index in [1.54, 1.807) is 22.9 Å². The van der Waals surface area contributed by atoms with E-state index in [9.17, 15) is 4.79 Å². The first-order chi connectivity index (χ1) is 12.6. The van der Waals surface area contributed by atoms with Crippen LogP contribution < -0.4 is 5.56 Å². The Hall–Kier alpha value is -2.71. The number of nitrogens with zero attached hydrogens (tertiary/aromatic N) is 5. The van der Waals surface area contributed by atoms with Gasteiger partial charge >= 0.3 is 0 Å². The summed E-state index contributed by atoms with van der Waals surface area (Å²) in [5.74, 6) is 0.569. The fourth-order valence-corrected chi connectivity index (χ4v) is 3.58. The van der Waals surface area contributed by atoms with Gasteiger partial charge in [-0.05, 0) is 47.7 Å². The summed E-state index contributed by atoms with van der Waals surface area (Å²) in [6, 6.07) is 14.5. The van der Waals surface area contributed by atoms with Crippen molar-refractivity contribution in [2.75, 3.05) is 0 Å². The number of aromatic nitrogens is 6. The summed E-state index contributed by atoms with van der Waals surface area (Å²) in [4.78, 5) is 19.7. The van der Waals surface area contributed by atoms with Gasteiger partial charge in [-0.3, -0.25) is 4.79 Å². The minimum atomic E-state index is -0.160. The molecule has 0 radical (unpaired) electrons. The number of hydrogen-bond acceptors (Lipinski definition) is 6. The second kappa shape index (κ2) is 6.89. The first-order valence-electron chi connectivity index (χ1n) is 7.82. The second-order valence-electron chi connectivity index (χ2n) is 5.58.